The van der Waals surface area contributed by atoms with Crippen LogP contribution in [-0.4, -0.2) is 11.0 Å². The van der Waals surface area contributed by atoms with E-state index in [0.717, 1.165) is 18.9 Å². The van der Waals surface area contributed by atoms with Crippen LogP contribution in [0.4, 0.5) is 15.8 Å². The van der Waals surface area contributed by atoms with Crippen LogP contribution >= 0.6 is 0 Å². The number of nitrogens with one attached hydrogen (secondary N) is 1. The van der Waals surface area contributed by atoms with Crippen LogP contribution in [0.25, 0.3) is 0 Å². The maximum Gasteiger partial charge on any atom is 0.295 e. The summed E-state index contributed by atoms with van der Waals surface area (Å²) >= 11 is 0. The van der Waals surface area contributed by atoms with Crippen molar-refractivity contribution >= 4 is 11.4 Å². The Morgan fingerprint density at radius 1 is 1.53 bits per heavy atom. The van der Waals surface area contributed by atoms with Crippen molar-refractivity contribution in [3.63, 3.8) is 0 Å². The Morgan fingerprint density at radius 3 is 2.71 bits per heavy atom. The number of rotatable bonds is 4. The Balaban J connectivity index is 2.29. The molecular weight excluding hydrogens is 223 g/mol. The molecule has 1 unspecified atom stereocenters. The summed E-state index contributed by atoms with van der Waals surface area (Å²) in [6.07, 6.45) is 2.31. The zero-order valence-electron chi connectivity index (χ0n) is 9.87. The predicted molar refractivity (Wildman–Crippen MR) is 63.6 cm³/mol. The van der Waals surface area contributed by atoms with Gasteiger partial charge in [0.05, 0.1) is 11.0 Å². The number of hydrogen-bond donors (Lipinski definition) is 1. The third kappa shape index (κ3) is 2.54. The number of benzene rings is 1. The smallest absolute Gasteiger partial charge is 0.295 e. The monoisotopic (exact) mass is 238 g/mol. The third-order valence-electron chi connectivity index (χ3n) is 3.19. The lowest BCUT2D eigenvalue weighted by molar-refractivity contribution is -0.384. The molecule has 2 rings (SSSR count). The van der Waals surface area contributed by atoms with E-state index in [1.54, 1.807) is 6.92 Å². The second kappa shape index (κ2) is 4.31. The molecule has 1 atom stereocenters. The first-order chi connectivity index (χ1) is 7.99. The van der Waals surface area contributed by atoms with Crippen molar-refractivity contribution in [2.45, 2.75) is 32.7 Å². The van der Waals surface area contributed by atoms with Gasteiger partial charge in [-0.05, 0) is 44.2 Å². The zero-order valence-corrected chi connectivity index (χ0v) is 9.87. The van der Waals surface area contributed by atoms with Crippen LogP contribution in [0.1, 0.15) is 25.3 Å². The number of anilines is 1. The topological polar surface area (TPSA) is 55.2 Å². The Labute approximate surface area is 99.0 Å². The quantitative estimate of drug-likeness (QED) is 0.647. The zero-order chi connectivity index (χ0) is 12.6. The van der Waals surface area contributed by atoms with Crippen LogP contribution in [0, 0.1) is 28.8 Å². The second-order valence-electron chi connectivity index (χ2n) is 4.65. The predicted octanol–water partition coefficient (Wildman–Crippen LogP) is 3.25. The summed E-state index contributed by atoms with van der Waals surface area (Å²) in [6.45, 7) is 3.60. The van der Waals surface area contributed by atoms with E-state index in [0.29, 0.717) is 17.2 Å². The van der Waals surface area contributed by atoms with Gasteiger partial charge in [-0.2, -0.15) is 0 Å². The fourth-order valence-electron chi connectivity index (χ4n) is 1.90. The molecule has 4 nitrogen and oxygen atoms in total. The molecule has 0 amide bonds. The van der Waals surface area contributed by atoms with E-state index in [9.17, 15) is 14.5 Å². The summed E-state index contributed by atoms with van der Waals surface area (Å²) in [5, 5.41) is 14.0. The van der Waals surface area contributed by atoms with Gasteiger partial charge in [0, 0.05) is 6.04 Å². The molecule has 0 spiro atoms. The summed E-state index contributed by atoms with van der Waals surface area (Å²) in [6, 6.07) is 2.68. The molecule has 0 heterocycles. The summed E-state index contributed by atoms with van der Waals surface area (Å²) in [5.41, 5.74) is 0.634. The molecule has 0 saturated heterocycles. The Kier molecular flexibility index (Phi) is 3.00. The van der Waals surface area contributed by atoms with Gasteiger partial charge in [0.1, 0.15) is 11.5 Å². The summed E-state index contributed by atoms with van der Waals surface area (Å²) in [4.78, 5) is 10.3. The molecule has 1 aliphatic carbocycles. The van der Waals surface area contributed by atoms with Crippen LogP contribution in [0.2, 0.25) is 0 Å². The van der Waals surface area contributed by atoms with E-state index in [2.05, 4.69) is 5.32 Å². The van der Waals surface area contributed by atoms with Crippen molar-refractivity contribution in [3.8, 4) is 0 Å². The number of aryl methyl sites for hydroxylation is 1. The number of nitro groups is 1. The molecule has 5 heteroatoms. The lowest BCUT2D eigenvalue weighted by atomic mass is 10.1. The lowest BCUT2D eigenvalue weighted by Crippen LogP contribution is -2.18. The van der Waals surface area contributed by atoms with Gasteiger partial charge in [-0.15, -0.1) is 0 Å². The molecule has 0 aromatic heterocycles. The average Bonchev–Trinajstić information content (AvgIpc) is 3.06. The molecule has 1 aromatic rings. The highest BCUT2D eigenvalue weighted by molar-refractivity contribution is 5.63. The van der Waals surface area contributed by atoms with Crippen LogP contribution < -0.4 is 5.32 Å². The van der Waals surface area contributed by atoms with Gasteiger partial charge in [-0.25, -0.2) is 4.39 Å². The molecule has 17 heavy (non-hydrogen) atoms. The first-order valence-corrected chi connectivity index (χ1v) is 5.70. The van der Waals surface area contributed by atoms with E-state index >= 15 is 0 Å². The van der Waals surface area contributed by atoms with Crippen LogP contribution in [0.15, 0.2) is 12.1 Å². The molecule has 1 N–H and O–H groups in total. The van der Waals surface area contributed by atoms with Gasteiger partial charge in [0.15, 0.2) is 0 Å². The molecule has 0 aliphatic heterocycles. The van der Waals surface area contributed by atoms with Crippen molar-refractivity contribution in [2.75, 3.05) is 5.32 Å². The largest absolute Gasteiger partial charge is 0.377 e. The number of nitro benzene ring substituents is 1. The summed E-state index contributed by atoms with van der Waals surface area (Å²) in [5.74, 6) is 0.0429. The molecule has 0 radical (unpaired) electrons. The van der Waals surface area contributed by atoms with Crippen molar-refractivity contribution in [1.29, 1.82) is 0 Å². The van der Waals surface area contributed by atoms with Gasteiger partial charge in [0.2, 0.25) is 0 Å². The third-order valence-corrected chi connectivity index (χ3v) is 3.19. The number of halogens is 1. The highest BCUT2D eigenvalue weighted by Gasteiger charge is 2.29. The highest BCUT2D eigenvalue weighted by atomic mass is 19.1. The van der Waals surface area contributed by atoms with Crippen molar-refractivity contribution in [1.82, 2.24) is 0 Å². The number of nitrogens with zero attached hydrogens (tertiary/aromatic N) is 1. The minimum absolute atomic E-state index is 0.193. The summed E-state index contributed by atoms with van der Waals surface area (Å²) in [7, 11) is 0. The van der Waals surface area contributed by atoms with Crippen LogP contribution in [0.5, 0.6) is 0 Å². The standard InChI is InChI=1S/C12H15FN2O2/c1-7-5-11(14-8(2)9-3-4-9)12(15(16)17)6-10(7)13/h5-6,8-9,14H,3-4H2,1-2H3. The first-order valence-electron chi connectivity index (χ1n) is 5.70. The minimum Gasteiger partial charge on any atom is -0.377 e. The van der Waals surface area contributed by atoms with Gasteiger partial charge in [-0.3, -0.25) is 10.1 Å². The van der Waals surface area contributed by atoms with Gasteiger partial charge in [0.25, 0.3) is 5.69 Å². The molecule has 1 aromatic carbocycles. The molecular formula is C12H15FN2O2. The van der Waals surface area contributed by atoms with E-state index in [-0.39, 0.29) is 11.7 Å². The highest BCUT2D eigenvalue weighted by Crippen LogP contribution is 2.36. The first kappa shape index (κ1) is 11.8. The molecule has 0 bridgehead atoms. The Hall–Kier alpha value is -1.65. The number of hydrogen-bond acceptors (Lipinski definition) is 3. The molecule has 92 valence electrons. The lowest BCUT2D eigenvalue weighted by Gasteiger charge is -2.15. The van der Waals surface area contributed by atoms with Crippen LogP contribution in [0.3, 0.4) is 0 Å². The molecule has 1 saturated carbocycles. The second-order valence-corrected chi connectivity index (χ2v) is 4.65. The minimum atomic E-state index is -0.551. The van der Waals surface area contributed by atoms with Crippen molar-refractivity contribution < 1.29 is 9.31 Å². The molecule has 1 aliphatic rings. The van der Waals surface area contributed by atoms with E-state index < -0.39 is 10.7 Å². The van der Waals surface area contributed by atoms with Gasteiger partial charge < -0.3 is 5.32 Å². The van der Waals surface area contributed by atoms with E-state index in [1.807, 2.05) is 6.92 Å². The normalized spacial score (nSPS) is 16.6. The maximum absolute atomic E-state index is 13.3. The Morgan fingerprint density at radius 2 is 2.18 bits per heavy atom. The SMILES string of the molecule is Cc1cc(NC(C)C2CC2)c([N+](=O)[O-])cc1F. The fourth-order valence-corrected chi connectivity index (χ4v) is 1.90. The maximum atomic E-state index is 13.3. The van der Waals surface area contributed by atoms with Gasteiger partial charge in [-0.1, -0.05) is 0 Å². The van der Waals surface area contributed by atoms with Crippen molar-refractivity contribution in [2.24, 2.45) is 5.92 Å². The van der Waals surface area contributed by atoms with Crippen LogP contribution in [-0.2, 0) is 0 Å². The van der Waals surface area contributed by atoms with E-state index in [1.165, 1.54) is 6.07 Å². The fraction of sp³-hybridized carbons (Fsp3) is 0.500. The van der Waals surface area contributed by atoms with E-state index in [4.69, 9.17) is 0 Å². The summed E-state index contributed by atoms with van der Waals surface area (Å²) < 4.78 is 13.3. The van der Waals surface area contributed by atoms with Crippen molar-refractivity contribution in [3.05, 3.63) is 33.6 Å². The van der Waals surface area contributed by atoms with Gasteiger partial charge >= 0.3 is 0 Å². The Bertz CT molecular complexity index is 458. The molecule has 1 fully saturated rings. The average molecular weight is 238 g/mol.